The summed E-state index contributed by atoms with van der Waals surface area (Å²) in [7, 11) is 0. The van der Waals surface area contributed by atoms with E-state index in [9.17, 15) is 9.59 Å². The van der Waals surface area contributed by atoms with Gasteiger partial charge in [-0.3, -0.25) is 9.59 Å². The highest BCUT2D eigenvalue weighted by Gasteiger charge is 2.27. The lowest BCUT2D eigenvalue weighted by atomic mass is 10.1. The van der Waals surface area contributed by atoms with E-state index in [0.717, 1.165) is 11.1 Å². The van der Waals surface area contributed by atoms with Crippen LogP contribution in [-0.4, -0.2) is 28.8 Å². The van der Waals surface area contributed by atoms with Crippen molar-refractivity contribution < 1.29 is 9.59 Å². The van der Waals surface area contributed by atoms with Gasteiger partial charge in [-0.15, -0.1) is 0 Å². The van der Waals surface area contributed by atoms with Crippen LogP contribution in [0.4, 0.5) is 0 Å². The number of hydrogen-bond acceptors (Lipinski definition) is 2. The third-order valence-corrected chi connectivity index (χ3v) is 4.79. The third-order valence-electron chi connectivity index (χ3n) is 4.17. The van der Waals surface area contributed by atoms with E-state index in [-0.39, 0.29) is 30.8 Å². The highest BCUT2D eigenvalue weighted by molar-refractivity contribution is 6.31. The molecule has 27 heavy (non-hydrogen) atoms. The number of hydrogen-bond donors (Lipinski definition) is 1. The van der Waals surface area contributed by atoms with E-state index < -0.39 is 6.04 Å². The van der Waals surface area contributed by atoms with Crippen molar-refractivity contribution in [3.8, 4) is 0 Å². The summed E-state index contributed by atoms with van der Waals surface area (Å²) in [5.74, 6) is -0.342. The minimum absolute atomic E-state index is 0.00604. The van der Waals surface area contributed by atoms with Crippen molar-refractivity contribution in [1.29, 1.82) is 0 Å². The molecular formula is C21H24Cl2N2O2. The molecule has 0 aliphatic carbocycles. The molecule has 0 spiro atoms. The van der Waals surface area contributed by atoms with E-state index in [1.165, 1.54) is 0 Å². The van der Waals surface area contributed by atoms with Crippen LogP contribution in [0.2, 0.25) is 10.0 Å². The predicted octanol–water partition coefficient (Wildman–Crippen LogP) is 4.48. The predicted molar refractivity (Wildman–Crippen MR) is 110 cm³/mol. The Hall–Kier alpha value is -2.04. The number of benzene rings is 2. The van der Waals surface area contributed by atoms with Crippen LogP contribution >= 0.6 is 23.2 Å². The molecule has 0 saturated heterocycles. The number of carbonyl (C=O) groups is 2. The lowest BCUT2D eigenvalue weighted by molar-refractivity contribution is -0.140. The molecule has 2 aromatic rings. The summed E-state index contributed by atoms with van der Waals surface area (Å²) in [6.07, 6.45) is 0.181. The molecule has 0 unspecified atom stereocenters. The van der Waals surface area contributed by atoms with Crippen molar-refractivity contribution in [2.45, 2.75) is 45.8 Å². The molecular weight excluding hydrogens is 383 g/mol. The summed E-state index contributed by atoms with van der Waals surface area (Å²) in [6, 6.07) is 13.8. The van der Waals surface area contributed by atoms with Crippen molar-refractivity contribution in [2.75, 3.05) is 0 Å². The summed E-state index contributed by atoms with van der Waals surface area (Å²) in [5, 5.41) is 4.05. The Kier molecular flexibility index (Phi) is 7.69. The number of carbonyl (C=O) groups excluding carboxylic acids is 2. The van der Waals surface area contributed by atoms with Gasteiger partial charge in [0.15, 0.2) is 0 Å². The highest BCUT2D eigenvalue weighted by atomic mass is 35.5. The molecule has 0 saturated carbocycles. The Bertz CT molecular complexity index is 791. The van der Waals surface area contributed by atoms with Gasteiger partial charge in [0, 0.05) is 22.6 Å². The van der Waals surface area contributed by atoms with E-state index in [1.54, 1.807) is 30.0 Å². The molecule has 144 valence electrons. The summed E-state index contributed by atoms with van der Waals surface area (Å²) in [4.78, 5) is 27.1. The van der Waals surface area contributed by atoms with Gasteiger partial charge in [-0.1, -0.05) is 53.5 Å². The standard InChI is InChI=1S/C21H24Cl2N2O2/c1-14(2)24-21(27)15(3)25(13-17-6-4-5-7-19(17)23)20(26)12-16-8-10-18(22)11-9-16/h4-11,14-15H,12-13H2,1-3H3,(H,24,27)/t15-/m1/s1. The first kappa shape index (κ1) is 21.3. The van der Waals surface area contributed by atoms with E-state index in [0.29, 0.717) is 10.0 Å². The second kappa shape index (κ2) is 9.77. The zero-order valence-corrected chi connectivity index (χ0v) is 17.2. The van der Waals surface area contributed by atoms with Crippen LogP contribution in [0.25, 0.3) is 0 Å². The van der Waals surface area contributed by atoms with Gasteiger partial charge in [0.25, 0.3) is 0 Å². The number of rotatable bonds is 7. The highest BCUT2D eigenvalue weighted by Crippen LogP contribution is 2.20. The molecule has 0 aliphatic heterocycles. The Morgan fingerprint density at radius 3 is 2.22 bits per heavy atom. The van der Waals surface area contributed by atoms with Crippen molar-refractivity contribution >= 4 is 35.0 Å². The number of amides is 2. The molecule has 0 bridgehead atoms. The molecule has 0 heterocycles. The molecule has 0 aromatic heterocycles. The lowest BCUT2D eigenvalue weighted by Gasteiger charge is -2.29. The Labute approximate surface area is 170 Å². The average Bonchev–Trinajstić information content (AvgIpc) is 2.61. The smallest absolute Gasteiger partial charge is 0.242 e. The second-order valence-corrected chi connectivity index (χ2v) is 7.60. The topological polar surface area (TPSA) is 49.4 Å². The maximum absolute atomic E-state index is 13.0. The first-order valence-electron chi connectivity index (χ1n) is 8.85. The second-order valence-electron chi connectivity index (χ2n) is 6.76. The molecule has 1 N–H and O–H groups in total. The van der Waals surface area contributed by atoms with Crippen LogP contribution < -0.4 is 5.32 Å². The summed E-state index contributed by atoms with van der Waals surface area (Å²) in [5.41, 5.74) is 1.64. The number of halogens is 2. The minimum atomic E-state index is -0.622. The first-order chi connectivity index (χ1) is 12.8. The van der Waals surface area contributed by atoms with Gasteiger partial charge in [0.05, 0.1) is 6.42 Å². The van der Waals surface area contributed by atoms with Crippen molar-refractivity contribution in [3.05, 3.63) is 69.7 Å². The van der Waals surface area contributed by atoms with E-state index in [4.69, 9.17) is 23.2 Å². The summed E-state index contributed by atoms with van der Waals surface area (Å²) >= 11 is 12.2. The van der Waals surface area contributed by atoms with Crippen LogP contribution in [0.3, 0.4) is 0 Å². The molecule has 4 nitrogen and oxygen atoms in total. The largest absolute Gasteiger partial charge is 0.352 e. The van der Waals surface area contributed by atoms with Crippen LogP contribution in [0.15, 0.2) is 48.5 Å². The minimum Gasteiger partial charge on any atom is -0.352 e. The molecule has 1 atom stereocenters. The van der Waals surface area contributed by atoms with Gasteiger partial charge in [-0.25, -0.2) is 0 Å². The molecule has 6 heteroatoms. The summed E-state index contributed by atoms with van der Waals surface area (Å²) < 4.78 is 0. The average molecular weight is 407 g/mol. The van der Waals surface area contributed by atoms with E-state index in [2.05, 4.69) is 5.32 Å². The summed E-state index contributed by atoms with van der Waals surface area (Å²) in [6.45, 7) is 5.77. The molecule has 0 fully saturated rings. The Morgan fingerprint density at radius 2 is 1.63 bits per heavy atom. The molecule has 0 aliphatic rings. The zero-order chi connectivity index (χ0) is 20.0. The van der Waals surface area contributed by atoms with Crippen LogP contribution in [0, 0.1) is 0 Å². The normalized spacial score (nSPS) is 11.9. The number of nitrogens with one attached hydrogen (secondary N) is 1. The maximum atomic E-state index is 13.0. The van der Waals surface area contributed by atoms with Crippen molar-refractivity contribution in [3.63, 3.8) is 0 Å². The fraction of sp³-hybridized carbons (Fsp3) is 0.333. The van der Waals surface area contributed by atoms with Gasteiger partial charge in [-0.05, 0) is 50.1 Å². The molecule has 2 rings (SSSR count). The quantitative estimate of drug-likeness (QED) is 0.736. The van der Waals surface area contributed by atoms with Gasteiger partial charge >= 0.3 is 0 Å². The van der Waals surface area contributed by atoms with Gasteiger partial charge in [-0.2, -0.15) is 0 Å². The Balaban J connectivity index is 2.24. The van der Waals surface area contributed by atoms with Gasteiger partial charge < -0.3 is 10.2 Å². The third kappa shape index (κ3) is 6.26. The molecule has 2 aromatic carbocycles. The van der Waals surface area contributed by atoms with Gasteiger partial charge in [0.1, 0.15) is 6.04 Å². The zero-order valence-electron chi connectivity index (χ0n) is 15.7. The maximum Gasteiger partial charge on any atom is 0.242 e. The fourth-order valence-electron chi connectivity index (χ4n) is 2.68. The van der Waals surface area contributed by atoms with Gasteiger partial charge in [0.2, 0.25) is 11.8 Å². The molecule has 0 radical (unpaired) electrons. The Morgan fingerprint density at radius 1 is 1.00 bits per heavy atom. The van der Waals surface area contributed by atoms with Crippen LogP contribution in [0.1, 0.15) is 31.9 Å². The number of nitrogens with zero attached hydrogens (tertiary/aromatic N) is 1. The van der Waals surface area contributed by atoms with E-state index in [1.807, 2.05) is 44.2 Å². The van der Waals surface area contributed by atoms with Crippen LogP contribution in [-0.2, 0) is 22.6 Å². The van der Waals surface area contributed by atoms with E-state index >= 15 is 0 Å². The van der Waals surface area contributed by atoms with Crippen LogP contribution in [0.5, 0.6) is 0 Å². The first-order valence-corrected chi connectivity index (χ1v) is 9.61. The fourth-order valence-corrected chi connectivity index (χ4v) is 3.00. The SMILES string of the molecule is CC(C)NC(=O)[C@@H](C)N(Cc1ccccc1Cl)C(=O)Cc1ccc(Cl)cc1. The lowest BCUT2D eigenvalue weighted by Crippen LogP contribution is -2.49. The molecule has 2 amide bonds. The monoisotopic (exact) mass is 406 g/mol. The van der Waals surface area contributed by atoms with Crippen molar-refractivity contribution in [1.82, 2.24) is 10.2 Å². The van der Waals surface area contributed by atoms with Crippen molar-refractivity contribution in [2.24, 2.45) is 0 Å².